The minimum atomic E-state index is 0. The van der Waals surface area contributed by atoms with Crippen molar-refractivity contribution in [1.82, 2.24) is 5.32 Å². The average molecular weight is 265 g/mol. The highest BCUT2D eigenvalue weighted by molar-refractivity contribution is 5.85. The summed E-state index contributed by atoms with van der Waals surface area (Å²) >= 11 is 0. The van der Waals surface area contributed by atoms with Gasteiger partial charge >= 0.3 is 0 Å². The second kappa shape index (κ2) is 7.60. The third-order valence-corrected chi connectivity index (χ3v) is 2.53. The highest BCUT2D eigenvalue weighted by atomic mass is 35.5. The van der Waals surface area contributed by atoms with Gasteiger partial charge in [-0.25, -0.2) is 0 Å². The number of para-hydroxylation sites is 2. The van der Waals surface area contributed by atoms with Crippen molar-refractivity contribution in [2.24, 2.45) is 0 Å². The number of halogens is 2. The lowest BCUT2D eigenvalue weighted by Gasteiger charge is -2.15. The summed E-state index contributed by atoms with van der Waals surface area (Å²) in [5, 5.41) is 6.80. The summed E-state index contributed by atoms with van der Waals surface area (Å²) in [6.07, 6.45) is 1.18. The molecule has 1 heterocycles. The molecule has 1 saturated heterocycles. The van der Waals surface area contributed by atoms with Crippen LogP contribution in [0, 0.1) is 0 Å². The third-order valence-electron chi connectivity index (χ3n) is 2.53. The molecular formula is C11H18Cl2N2O. The molecule has 2 N–H and O–H groups in total. The first kappa shape index (κ1) is 15.4. The summed E-state index contributed by atoms with van der Waals surface area (Å²) in [6.45, 7) is 2.14. The average Bonchev–Trinajstić information content (AvgIpc) is 2.71. The first-order valence-corrected chi connectivity index (χ1v) is 5.00. The fourth-order valence-corrected chi connectivity index (χ4v) is 1.76. The van der Waals surface area contributed by atoms with Gasteiger partial charge < -0.3 is 15.4 Å². The molecule has 1 aromatic carbocycles. The van der Waals surface area contributed by atoms with E-state index in [0.717, 1.165) is 24.5 Å². The van der Waals surface area contributed by atoms with Crippen LogP contribution < -0.4 is 15.4 Å². The maximum Gasteiger partial charge on any atom is 0.141 e. The van der Waals surface area contributed by atoms with Gasteiger partial charge in [0.05, 0.1) is 12.8 Å². The molecule has 2 rings (SSSR count). The van der Waals surface area contributed by atoms with Gasteiger partial charge in [0.2, 0.25) is 0 Å². The Hall–Kier alpha value is -0.640. The second-order valence-corrected chi connectivity index (χ2v) is 3.53. The molecule has 0 aliphatic carbocycles. The van der Waals surface area contributed by atoms with Crippen molar-refractivity contribution in [1.29, 1.82) is 0 Å². The van der Waals surface area contributed by atoms with Crippen LogP contribution in [0.3, 0.4) is 0 Å². The summed E-state index contributed by atoms with van der Waals surface area (Å²) in [4.78, 5) is 0. The highest BCUT2D eigenvalue weighted by Crippen LogP contribution is 2.24. The van der Waals surface area contributed by atoms with Crippen LogP contribution in [0.25, 0.3) is 0 Å². The van der Waals surface area contributed by atoms with Gasteiger partial charge in [-0.05, 0) is 25.1 Å². The summed E-state index contributed by atoms with van der Waals surface area (Å²) in [5.41, 5.74) is 1.09. The van der Waals surface area contributed by atoms with Crippen molar-refractivity contribution in [3.8, 4) is 5.75 Å². The van der Waals surface area contributed by atoms with Crippen LogP contribution in [0.2, 0.25) is 0 Å². The Kier molecular flexibility index (Phi) is 7.30. The van der Waals surface area contributed by atoms with Gasteiger partial charge in [0.25, 0.3) is 0 Å². The number of methoxy groups -OCH3 is 1. The molecule has 0 radical (unpaired) electrons. The van der Waals surface area contributed by atoms with Gasteiger partial charge in [0.1, 0.15) is 5.75 Å². The molecule has 16 heavy (non-hydrogen) atoms. The van der Waals surface area contributed by atoms with E-state index >= 15 is 0 Å². The minimum Gasteiger partial charge on any atom is -0.495 e. The van der Waals surface area contributed by atoms with Crippen molar-refractivity contribution < 1.29 is 4.74 Å². The summed E-state index contributed by atoms with van der Waals surface area (Å²) in [7, 11) is 1.70. The van der Waals surface area contributed by atoms with Gasteiger partial charge in [0.15, 0.2) is 0 Å². The Labute approximate surface area is 109 Å². The van der Waals surface area contributed by atoms with Gasteiger partial charge in [-0.1, -0.05) is 12.1 Å². The van der Waals surface area contributed by atoms with Crippen molar-refractivity contribution in [2.75, 3.05) is 25.5 Å². The van der Waals surface area contributed by atoms with E-state index in [-0.39, 0.29) is 24.8 Å². The van der Waals surface area contributed by atoms with Crippen molar-refractivity contribution >= 4 is 30.5 Å². The molecular weight excluding hydrogens is 247 g/mol. The van der Waals surface area contributed by atoms with Crippen LogP contribution in [0.5, 0.6) is 5.75 Å². The Balaban J connectivity index is 0.00000112. The van der Waals surface area contributed by atoms with Crippen LogP contribution in [0.4, 0.5) is 5.69 Å². The maximum atomic E-state index is 5.27. The van der Waals surface area contributed by atoms with E-state index in [4.69, 9.17) is 4.74 Å². The zero-order chi connectivity index (χ0) is 9.80. The number of hydrogen-bond donors (Lipinski definition) is 2. The molecule has 92 valence electrons. The Morgan fingerprint density at radius 3 is 2.69 bits per heavy atom. The number of anilines is 1. The van der Waals surface area contributed by atoms with E-state index < -0.39 is 0 Å². The Morgan fingerprint density at radius 1 is 1.31 bits per heavy atom. The van der Waals surface area contributed by atoms with Crippen molar-refractivity contribution in [2.45, 2.75) is 12.5 Å². The summed E-state index contributed by atoms with van der Waals surface area (Å²) in [6, 6.07) is 8.57. The lowest BCUT2D eigenvalue weighted by molar-refractivity contribution is 0.416. The van der Waals surface area contributed by atoms with Crippen LogP contribution >= 0.6 is 24.8 Å². The van der Waals surface area contributed by atoms with Gasteiger partial charge in [-0.3, -0.25) is 0 Å². The van der Waals surface area contributed by atoms with Crippen molar-refractivity contribution in [3.05, 3.63) is 24.3 Å². The van der Waals surface area contributed by atoms with Crippen LogP contribution in [0.1, 0.15) is 6.42 Å². The molecule has 3 nitrogen and oxygen atoms in total. The molecule has 0 spiro atoms. The summed E-state index contributed by atoms with van der Waals surface area (Å²) in [5.74, 6) is 0.916. The first-order valence-electron chi connectivity index (χ1n) is 5.00. The fourth-order valence-electron chi connectivity index (χ4n) is 1.76. The number of benzene rings is 1. The van der Waals surface area contributed by atoms with Crippen LogP contribution in [-0.2, 0) is 0 Å². The van der Waals surface area contributed by atoms with E-state index in [0.29, 0.717) is 6.04 Å². The minimum absolute atomic E-state index is 0. The number of rotatable bonds is 3. The monoisotopic (exact) mass is 264 g/mol. The number of ether oxygens (including phenoxy) is 1. The molecule has 0 bridgehead atoms. The topological polar surface area (TPSA) is 33.3 Å². The molecule has 0 aromatic heterocycles. The molecule has 1 aromatic rings. The van der Waals surface area contributed by atoms with E-state index in [2.05, 4.69) is 16.7 Å². The summed E-state index contributed by atoms with van der Waals surface area (Å²) < 4.78 is 5.27. The van der Waals surface area contributed by atoms with Crippen LogP contribution in [-0.4, -0.2) is 26.2 Å². The Bertz CT molecular complexity index is 304. The lowest BCUT2D eigenvalue weighted by Crippen LogP contribution is -2.22. The second-order valence-electron chi connectivity index (χ2n) is 3.53. The van der Waals surface area contributed by atoms with E-state index in [1.165, 1.54) is 6.42 Å². The first-order chi connectivity index (χ1) is 6.90. The molecule has 1 fully saturated rings. The highest BCUT2D eigenvalue weighted by Gasteiger charge is 2.14. The van der Waals surface area contributed by atoms with E-state index in [9.17, 15) is 0 Å². The fraction of sp³-hybridized carbons (Fsp3) is 0.455. The molecule has 0 saturated carbocycles. The van der Waals surface area contributed by atoms with Crippen LogP contribution in [0.15, 0.2) is 24.3 Å². The molecule has 5 heteroatoms. The Morgan fingerprint density at radius 2 is 2.06 bits per heavy atom. The normalized spacial score (nSPS) is 18.2. The van der Waals surface area contributed by atoms with E-state index in [1.54, 1.807) is 7.11 Å². The van der Waals surface area contributed by atoms with Gasteiger partial charge in [0, 0.05) is 12.6 Å². The zero-order valence-corrected chi connectivity index (χ0v) is 10.9. The third kappa shape index (κ3) is 3.74. The molecule has 1 aliphatic rings. The maximum absolute atomic E-state index is 5.27. The molecule has 0 amide bonds. The van der Waals surface area contributed by atoms with Crippen molar-refractivity contribution in [3.63, 3.8) is 0 Å². The largest absolute Gasteiger partial charge is 0.495 e. The lowest BCUT2D eigenvalue weighted by atomic mass is 10.2. The zero-order valence-electron chi connectivity index (χ0n) is 9.23. The molecule has 1 unspecified atom stereocenters. The SMILES string of the molecule is COc1ccccc1NC1CCNC1.Cl.Cl. The number of hydrogen-bond acceptors (Lipinski definition) is 3. The molecule has 1 atom stereocenters. The van der Waals surface area contributed by atoms with E-state index in [1.807, 2.05) is 18.2 Å². The van der Waals surface area contributed by atoms with Gasteiger partial charge in [-0.15, -0.1) is 24.8 Å². The predicted octanol–water partition coefficient (Wildman–Crippen LogP) is 2.31. The number of nitrogens with one attached hydrogen (secondary N) is 2. The van der Waals surface area contributed by atoms with Gasteiger partial charge in [-0.2, -0.15) is 0 Å². The predicted molar refractivity (Wildman–Crippen MR) is 72.4 cm³/mol. The smallest absolute Gasteiger partial charge is 0.141 e. The quantitative estimate of drug-likeness (QED) is 0.879. The standard InChI is InChI=1S/C11H16N2O.2ClH/c1-14-11-5-3-2-4-10(11)13-9-6-7-12-8-9;;/h2-5,9,12-13H,6-8H2,1H3;2*1H. The molecule has 1 aliphatic heterocycles.